The molecule has 0 amide bonds. The van der Waals surface area contributed by atoms with E-state index >= 15 is 0 Å². The molecule has 2 unspecified atom stereocenters. The summed E-state index contributed by atoms with van der Waals surface area (Å²) in [7, 11) is 2.04. The molecule has 1 saturated heterocycles. The lowest BCUT2D eigenvalue weighted by Gasteiger charge is -2.32. The molecule has 3 heteroatoms. The van der Waals surface area contributed by atoms with Gasteiger partial charge in [-0.3, -0.25) is 0 Å². The van der Waals surface area contributed by atoms with Gasteiger partial charge in [0.25, 0.3) is 0 Å². The van der Waals surface area contributed by atoms with Crippen molar-refractivity contribution >= 4 is 0 Å². The molecule has 0 aromatic rings. The lowest BCUT2D eigenvalue weighted by molar-refractivity contribution is 0.142. The molecule has 0 aromatic carbocycles. The Morgan fingerprint density at radius 1 is 1.25 bits per heavy atom. The second-order valence-electron chi connectivity index (χ2n) is 5.63. The summed E-state index contributed by atoms with van der Waals surface area (Å²) < 4.78 is 5.56. The van der Waals surface area contributed by atoms with Crippen molar-refractivity contribution in [2.75, 3.05) is 33.4 Å². The maximum atomic E-state index is 5.56. The zero-order valence-corrected chi connectivity index (χ0v) is 11.5. The Bertz CT molecular complexity index is 194. The molecule has 2 atom stereocenters. The highest BCUT2D eigenvalue weighted by atomic mass is 16.5. The molecule has 0 aliphatic carbocycles. The minimum absolute atomic E-state index is 0.536. The van der Waals surface area contributed by atoms with Gasteiger partial charge in [-0.15, -0.1) is 0 Å². The first kappa shape index (κ1) is 13.9. The first-order chi connectivity index (χ1) is 7.54. The minimum atomic E-state index is 0.536. The van der Waals surface area contributed by atoms with Crippen molar-refractivity contribution in [3.05, 3.63) is 0 Å². The van der Waals surface area contributed by atoms with E-state index in [4.69, 9.17) is 4.74 Å². The standard InChI is InChI=1S/C13H28N2O/c1-10(2)6-15(11(3)4)7-12-8-16-9-13(12)14-5/h10-14H,6-9H2,1-5H3. The van der Waals surface area contributed by atoms with Gasteiger partial charge in [0.05, 0.1) is 13.2 Å². The quantitative estimate of drug-likeness (QED) is 0.747. The fourth-order valence-corrected chi connectivity index (χ4v) is 2.36. The van der Waals surface area contributed by atoms with Gasteiger partial charge in [-0.05, 0) is 26.8 Å². The molecule has 1 fully saturated rings. The summed E-state index contributed by atoms with van der Waals surface area (Å²) in [5.74, 6) is 1.38. The van der Waals surface area contributed by atoms with Crippen LogP contribution in [0.5, 0.6) is 0 Å². The van der Waals surface area contributed by atoms with Crippen molar-refractivity contribution in [1.82, 2.24) is 10.2 Å². The maximum absolute atomic E-state index is 5.56. The van der Waals surface area contributed by atoms with Gasteiger partial charge >= 0.3 is 0 Å². The van der Waals surface area contributed by atoms with E-state index in [0.717, 1.165) is 25.7 Å². The topological polar surface area (TPSA) is 24.5 Å². The molecule has 0 aromatic heterocycles. The lowest BCUT2D eigenvalue weighted by atomic mass is 10.0. The Kier molecular flexibility index (Phi) is 5.73. The van der Waals surface area contributed by atoms with E-state index in [-0.39, 0.29) is 0 Å². The Balaban J connectivity index is 2.47. The van der Waals surface area contributed by atoms with Crippen LogP contribution in [0.25, 0.3) is 0 Å². The summed E-state index contributed by atoms with van der Waals surface area (Å²) in [6, 6.07) is 1.16. The SMILES string of the molecule is CNC1COCC1CN(CC(C)C)C(C)C. The van der Waals surface area contributed by atoms with Crippen LogP contribution in [0.4, 0.5) is 0 Å². The zero-order valence-electron chi connectivity index (χ0n) is 11.5. The normalized spacial score (nSPS) is 26.2. The van der Waals surface area contributed by atoms with Gasteiger partial charge in [-0.1, -0.05) is 13.8 Å². The van der Waals surface area contributed by atoms with Crippen molar-refractivity contribution in [1.29, 1.82) is 0 Å². The van der Waals surface area contributed by atoms with Crippen LogP contribution in [0.3, 0.4) is 0 Å². The van der Waals surface area contributed by atoms with Crippen molar-refractivity contribution in [2.24, 2.45) is 11.8 Å². The third-order valence-electron chi connectivity index (χ3n) is 3.37. The molecule has 1 heterocycles. The van der Waals surface area contributed by atoms with Gasteiger partial charge < -0.3 is 15.0 Å². The highest BCUT2D eigenvalue weighted by Gasteiger charge is 2.29. The number of nitrogens with zero attached hydrogens (tertiary/aromatic N) is 1. The monoisotopic (exact) mass is 228 g/mol. The molecule has 0 bridgehead atoms. The van der Waals surface area contributed by atoms with Gasteiger partial charge in [0.1, 0.15) is 0 Å². The molecule has 1 rings (SSSR count). The predicted molar refractivity (Wildman–Crippen MR) is 68.7 cm³/mol. The average molecular weight is 228 g/mol. The number of nitrogens with one attached hydrogen (secondary N) is 1. The number of ether oxygens (including phenoxy) is 1. The molecular weight excluding hydrogens is 200 g/mol. The van der Waals surface area contributed by atoms with Gasteiger partial charge in [0, 0.05) is 31.1 Å². The Morgan fingerprint density at radius 3 is 2.44 bits per heavy atom. The summed E-state index contributed by atoms with van der Waals surface area (Å²) in [4.78, 5) is 2.58. The Morgan fingerprint density at radius 2 is 1.94 bits per heavy atom. The van der Waals surface area contributed by atoms with E-state index in [1.807, 2.05) is 7.05 Å². The molecule has 0 spiro atoms. The van der Waals surface area contributed by atoms with Crippen LogP contribution in [-0.2, 0) is 4.74 Å². The Hall–Kier alpha value is -0.120. The highest BCUT2D eigenvalue weighted by molar-refractivity contribution is 4.83. The van der Waals surface area contributed by atoms with Gasteiger partial charge in [0.2, 0.25) is 0 Å². The van der Waals surface area contributed by atoms with E-state index in [9.17, 15) is 0 Å². The highest BCUT2D eigenvalue weighted by Crippen LogP contribution is 2.17. The van der Waals surface area contributed by atoms with Crippen LogP contribution in [0.1, 0.15) is 27.7 Å². The molecule has 1 N–H and O–H groups in total. The van der Waals surface area contributed by atoms with Crippen LogP contribution in [-0.4, -0.2) is 50.3 Å². The molecule has 96 valence electrons. The van der Waals surface area contributed by atoms with Crippen LogP contribution in [0.2, 0.25) is 0 Å². The number of likely N-dealkylation sites (N-methyl/N-ethyl adjacent to an activating group) is 1. The van der Waals surface area contributed by atoms with Gasteiger partial charge in [-0.25, -0.2) is 0 Å². The number of hydrogen-bond acceptors (Lipinski definition) is 3. The van der Waals surface area contributed by atoms with Crippen LogP contribution < -0.4 is 5.32 Å². The van der Waals surface area contributed by atoms with Crippen LogP contribution in [0, 0.1) is 11.8 Å². The van der Waals surface area contributed by atoms with Crippen molar-refractivity contribution < 1.29 is 4.74 Å². The van der Waals surface area contributed by atoms with E-state index < -0.39 is 0 Å². The number of rotatable bonds is 6. The fourth-order valence-electron chi connectivity index (χ4n) is 2.36. The summed E-state index contributed by atoms with van der Waals surface area (Å²) in [5, 5.41) is 3.36. The average Bonchev–Trinajstić information content (AvgIpc) is 2.63. The molecular formula is C13H28N2O. The Labute approximate surface area is 101 Å². The zero-order chi connectivity index (χ0) is 12.1. The second-order valence-corrected chi connectivity index (χ2v) is 5.63. The first-order valence-corrected chi connectivity index (χ1v) is 6.53. The minimum Gasteiger partial charge on any atom is -0.379 e. The maximum Gasteiger partial charge on any atom is 0.0623 e. The van der Waals surface area contributed by atoms with E-state index in [1.165, 1.54) is 6.54 Å². The van der Waals surface area contributed by atoms with Crippen molar-refractivity contribution in [3.63, 3.8) is 0 Å². The van der Waals surface area contributed by atoms with Gasteiger partial charge in [-0.2, -0.15) is 0 Å². The van der Waals surface area contributed by atoms with E-state index in [2.05, 4.69) is 37.9 Å². The summed E-state index contributed by atoms with van der Waals surface area (Å²) in [5.41, 5.74) is 0. The molecule has 3 nitrogen and oxygen atoms in total. The second kappa shape index (κ2) is 6.58. The van der Waals surface area contributed by atoms with Crippen LogP contribution in [0.15, 0.2) is 0 Å². The van der Waals surface area contributed by atoms with Crippen molar-refractivity contribution in [3.8, 4) is 0 Å². The van der Waals surface area contributed by atoms with E-state index in [0.29, 0.717) is 18.0 Å². The third kappa shape index (κ3) is 4.04. The first-order valence-electron chi connectivity index (χ1n) is 6.53. The van der Waals surface area contributed by atoms with Gasteiger partial charge in [0.15, 0.2) is 0 Å². The number of hydrogen-bond donors (Lipinski definition) is 1. The fraction of sp³-hybridized carbons (Fsp3) is 1.00. The largest absolute Gasteiger partial charge is 0.379 e. The smallest absolute Gasteiger partial charge is 0.0623 e. The molecule has 0 radical (unpaired) electrons. The molecule has 16 heavy (non-hydrogen) atoms. The summed E-state index contributed by atoms with van der Waals surface area (Å²) in [6.45, 7) is 13.3. The lowest BCUT2D eigenvalue weighted by Crippen LogP contribution is -2.44. The third-order valence-corrected chi connectivity index (χ3v) is 3.37. The molecule has 0 saturated carbocycles. The molecule has 1 aliphatic heterocycles. The summed E-state index contributed by atoms with van der Waals surface area (Å²) in [6.07, 6.45) is 0. The van der Waals surface area contributed by atoms with E-state index in [1.54, 1.807) is 0 Å². The van der Waals surface area contributed by atoms with Crippen molar-refractivity contribution in [2.45, 2.75) is 39.8 Å². The predicted octanol–water partition coefficient (Wildman–Crippen LogP) is 1.59. The molecule has 1 aliphatic rings. The summed E-state index contributed by atoms with van der Waals surface area (Å²) >= 11 is 0. The van der Waals surface area contributed by atoms with Crippen LogP contribution >= 0.6 is 0 Å².